The molecule has 1 aliphatic carbocycles. The van der Waals surface area contributed by atoms with Gasteiger partial charge in [-0.1, -0.05) is 119 Å². The fourth-order valence-electron chi connectivity index (χ4n) is 15.8. The van der Waals surface area contributed by atoms with Crippen molar-refractivity contribution in [2.24, 2.45) is 0 Å². The number of para-hydroxylation sites is 3. The molecule has 0 saturated carbocycles. The topological polar surface area (TPSA) is 384 Å². The summed E-state index contributed by atoms with van der Waals surface area (Å²) < 4.78 is 5.40. The van der Waals surface area contributed by atoms with Crippen LogP contribution in [0.2, 0.25) is 0 Å². The number of furan rings is 1. The highest BCUT2D eigenvalue weighted by Gasteiger charge is 2.31. The number of nitrogens with one attached hydrogen (secondary N) is 14. The maximum Gasteiger partial charge on any atom is 0.259 e. The summed E-state index contributed by atoms with van der Waals surface area (Å²) in [5, 5.41) is 42.8. The van der Waals surface area contributed by atoms with Crippen LogP contribution in [-0.2, 0) is 44.9 Å². The number of aromatic nitrogens is 3. The molecular weight excluding hydrogens is 1620 g/mol. The Hall–Kier alpha value is -16.1. The van der Waals surface area contributed by atoms with Gasteiger partial charge in [-0.15, -0.1) is 0 Å². The first-order valence-electron chi connectivity index (χ1n) is 41.6. The number of aryl methyl sites for hydroxylation is 1. The molecule has 128 heavy (non-hydrogen) atoms. The lowest BCUT2D eigenvalue weighted by Gasteiger charge is -2.31. The lowest BCUT2D eigenvalue weighted by atomic mass is 10.0. The first kappa shape index (κ1) is 88.2. The van der Waals surface area contributed by atoms with Crippen LogP contribution < -0.4 is 79.3 Å². The van der Waals surface area contributed by atoms with Crippen molar-refractivity contribution < 1.29 is 47.6 Å². The predicted octanol–water partition coefficient (Wildman–Crippen LogP) is 16.0. The molecule has 8 aliphatic heterocycles. The number of anilines is 13. The van der Waals surface area contributed by atoms with Crippen LogP contribution in [-0.4, -0.2) is 123 Å². The molecule has 4 aromatic heterocycles. The average molecular weight is 1720 g/mol. The molecule has 12 heterocycles. The van der Waals surface area contributed by atoms with Crippen molar-refractivity contribution >= 4 is 138 Å². The van der Waals surface area contributed by atoms with Crippen LogP contribution in [0.4, 0.5) is 74.3 Å². The molecule has 14 N–H and O–H groups in total. The number of amides is 9. The Morgan fingerprint density at radius 3 is 1.49 bits per heavy atom. The summed E-state index contributed by atoms with van der Waals surface area (Å²) in [7, 11) is 1.88. The SMILES string of the molecule is C.C=C1Cc2cc(C(=O)NC3CCN(C(C)=O)CC3)cnc2N1.C=C1Cc2cc(C(=O)Nc3ccccc3)cnc2N1.C=C1Nc2ccc(C(=O)NC3CCN(C(C)=O)CC3)cc2N1.C=C1Nc2ccc(NC(=O)c3coc4ccccc34)cc2N1.C=C1Nc2ncc(C(=O)Nc3ccccc3)cc2N1C.O=C1Cc2cc(NC(=O)C3CCc4ccccc43)ccc2N1. The monoisotopic (exact) mass is 1720 g/mol. The van der Waals surface area contributed by atoms with Gasteiger partial charge in [0.15, 0.2) is 5.82 Å². The number of carbonyl (C=O) groups excluding carboxylic acids is 9. The van der Waals surface area contributed by atoms with Gasteiger partial charge in [0.1, 0.15) is 40.9 Å². The number of pyridine rings is 3. The zero-order valence-electron chi connectivity index (χ0n) is 70.4. The van der Waals surface area contributed by atoms with Gasteiger partial charge in [-0.2, -0.15) is 0 Å². The fraction of sp³-hybridized carbons (Fsp3) is 0.204. The molecule has 1 unspecified atom stereocenters. The smallest absolute Gasteiger partial charge is 0.259 e. The Kier molecular flexibility index (Phi) is 27.3. The summed E-state index contributed by atoms with van der Waals surface area (Å²) in [6, 6.07) is 56.7. The maximum absolute atomic E-state index is 12.5. The summed E-state index contributed by atoms with van der Waals surface area (Å²) in [5.41, 5.74) is 18.9. The zero-order valence-corrected chi connectivity index (χ0v) is 70.4. The number of nitrogens with zero attached hydrogens (tertiary/aromatic N) is 6. The molecule has 0 spiro atoms. The Morgan fingerprint density at radius 1 is 0.422 bits per heavy atom. The van der Waals surface area contributed by atoms with Crippen molar-refractivity contribution in [3.63, 3.8) is 0 Å². The number of fused-ring (bicyclic) bond motifs is 8. The molecule has 20 rings (SSSR count). The summed E-state index contributed by atoms with van der Waals surface area (Å²) in [5.74, 6) is 3.91. The van der Waals surface area contributed by atoms with E-state index in [2.05, 4.69) is 128 Å². The van der Waals surface area contributed by atoms with E-state index in [1.807, 2.05) is 186 Å². The van der Waals surface area contributed by atoms with E-state index >= 15 is 0 Å². The molecule has 11 aromatic rings. The molecular formula is C98H100N20O10. The number of carbonyl (C=O) groups is 9. The van der Waals surface area contributed by atoms with Crippen LogP contribution in [0.25, 0.3) is 11.0 Å². The lowest BCUT2D eigenvalue weighted by Crippen LogP contribution is -2.46. The quantitative estimate of drug-likeness (QED) is 0.0540. The average Bonchev–Trinajstić information content (AvgIpc) is 1.67. The normalized spacial score (nSPS) is 15.3. The highest BCUT2D eigenvalue weighted by molar-refractivity contribution is 6.13. The molecule has 2 fully saturated rings. The number of piperidine rings is 2. The second-order valence-electron chi connectivity index (χ2n) is 31.6. The van der Waals surface area contributed by atoms with Crippen LogP contribution in [0, 0.1) is 0 Å². The third-order valence-electron chi connectivity index (χ3n) is 22.5. The van der Waals surface area contributed by atoms with Gasteiger partial charge in [0.2, 0.25) is 23.6 Å². The number of hydrogen-bond acceptors (Lipinski definition) is 21. The predicted molar refractivity (Wildman–Crippen MR) is 503 cm³/mol. The van der Waals surface area contributed by atoms with E-state index in [4.69, 9.17) is 4.42 Å². The number of hydrogen-bond donors (Lipinski definition) is 14. The molecule has 30 heteroatoms. The van der Waals surface area contributed by atoms with E-state index in [0.717, 1.165) is 158 Å². The first-order valence-corrected chi connectivity index (χ1v) is 41.6. The van der Waals surface area contributed by atoms with Gasteiger partial charge in [0.05, 0.1) is 63.0 Å². The van der Waals surface area contributed by atoms with Crippen molar-refractivity contribution in [2.45, 2.75) is 97.1 Å². The molecule has 7 aromatic carbocycles. The Labute approximate surface area is 740 Å². The first-order chi connectivity index (χ1) is 61.3. The number of benzene rings is 7. The Balaban J connectivity index is 0.000000124. The third-order valence-corrected chi connectivity index (χ3v) is 22.5. The largest absolute Gasteiger partial charge is 0.463 e. The van der Waals surface area contributed by atoms with Crippen molar-refractivity contribution in [3.8, 4) is 0 Å². The summed E-state index contributed by atoms with van der Waals surface area (Å²) in [6.45, 7) is 25.2. The van der Waals surface area contributed by atoms with Crippen molar-refractivity contribution in [3.05, 3.63) is 324 Å². The minimum absolute atomic E-state index is 0. The van der Waals surface area contributed by atoms with Gasteiger partial charge < -0.3 is 93.6 Å². The summed E-state index contributed by atoms with van der Waals surface area (Å²) >= 11 is 0. The Bertz CT molecular complexity index is 6100. The summed E-state index contributed by atoms with van der Waals surface area (Å²) in [6.07, 6.45) is 13.0. The van der Waals surface area contributed by atoms with E-state index < -0.39 is 0 Å². The molecule has 652 valence electrons. The molecule has 0 radical (unpaired) electrons. The minimum atomic E-state index is -0.199. The van der Waals surface area contributed by atoms with E-state index in [-0.39, 0.29) is 78.6 Å². The Morgan fingerprint density at radius 2 is 0.906 bits per heavy atom. The van der Waals surface area contributed by atoms with Crippen LogP contribution in [0.15, 0.2) is 273 Å². The molecule has 30 nitrogen and oxygen atoms in total. The van der Waals surface area contributed by atoms with Crippen molar-refractivity contribution in [1.29, 1.82) is 0 Å². The third kappa shape index (κ3) is 21.5. The highest BCUT2D eigenvalue weighted by atomic mass is 16.3. The van der Waals surface area contributed by atoms with Crippen molar-refractivity contribution in [1.82, 2.24) is 35.4 Å². The van der Waals surface area contributed by atoms with Gasteiger partial charge in [-0.3, -0.25) is 43.2 Å². The standard InChI is InChI=1S/C18H16N2O2.C17H13N3O2.2C16H20N4O2.C15H14N4O.C15H13N3O.CH4/c21-17-10-12-9-13(6-8-16(12)20-17)19-18(22)15-7-5-11-3-1-2-4-14(11)15;1-10-18-14-7-6-11(8-15(14)19-10)20-17(21)13-9-22-16-5-3-2-4-12(13)16;1-10-7-12-8-13(9-17-15(12)18-10)16(22)19-14-3-5-20(6-4-14)11(2)21;1-10-17-14-4-3-12(9-15(14)18-10)16(22)19-13-5-7-20(8-6-13)11(2)21;1-10-17-14-13(19(10)2)8-11(9-16-14)15(20)18-12-6-4-3-5-7-12;1-10-7-11-8-12(9-16-14(11)17-10)15(19)18-13-5-3-2-4-6-13;/h1-4,6,8-9,15H,5,7,10H2,(H,19,22)(H,20,21);2-9,18-19H,1H2,(H,20,21);8-9,14H,1,3-7H2,2H3,(H,17,18)(H,19,22);3-4,9,13,17-18H,1,5-8H2,2H3,(H,19,22);3-9H,1H2,2H3,(H,16,17)(H,18,20);2-6,8-9H,1,7H2,(H,16,17)(H,18,19);1H4. The van der Waals surface area contributed by atoms with E-state index in [1.54, 1.807) is 44.6 Å². The van der Waals surface area contributed by atoms with Crippen LogP contribution >= 0.6 is 0 Å². The lowest BCUT2D eigenvalue weighted by molar-refractivity contribution is -0.130. The second-order valence-corrected chi connectivity index (χ2v) is 31.6. The van der Waals surface area contributed by atoms with Gasteiger partial charge in [-0.25, -0.2) is 15.0 Å². The van der Waals surface area contributed by atoms with Crippen LogP contribution in [0.5, 0.6) is 0 Å². The zero-order chi connectivity index (χ0) is 88.9. The van der Waals surface area contributed by atoms with Crippen LogP contribution in [0.1, 0.15) is 139 Å². The molecule has 9 aliphatic rings. The number of likely N-dealkylation sites (tertiary alicyclic amines) is 2. The molecule has 0 bridgehead atoms. The molecule has 9 amide bonds. The number of rotatable bonds is 12. The van der Waals surface area contributed by atoms with Gasteiger partial charge in [0.25, 0.3) is 29.5 Å². The van der Waals surface area contributed by atoms with E-state index in [0.29, 0.717) is 89.7 Å². The van der Waals surface area contributed by atoms with Gasteiger partial charge in [0, 0.05) is 152 Å². The second kappa shape index (κ2) is 39.6. The van der Waals surface area contributed by atoms with Crippen LogP contribution in [0.3, 0.4) is 0 Å². The molecule has 1 atom stereocenters. The van der Waals surface area contributed by atoms with Gasteiger partial charge >= 0.3 is 0 Å². The fourth-order valence-corrected chi connectivity index (χ4v) is 15.8. The van der Waals surface area contributed by atoms with E-state index in [1.165, 1.54) is 11.8 Å². The minimum Gasteiger partial charge on any atom is -0.463 e. The van der Waals surface area contributed by atoms with E-state index in [9.17, 15) is 43.2 Å². The maximum atomic E-state index is 12.5. The number of allylic oxidation sites excluding steroid dienone is 2. The van der Waals surface area contributed by atoms with Crippen molar-refractivity contribution in [2.75, 3.05) is 102 Å². The highest BCUT2D eigenvalue weighted by Crippen LogP contribution is 2.38. The van der Waals surface area contributed by atoms with Gasteiger partial charge in [-0.05, 0) is 158 Å². The summed E-state index contributed by atoms with van der Waals surface area (Å²) in [4.78, 5) is 126. The molecule has 2 saturated heterocycles.